The Bertz CT molecular complexity index is 846. The van der Waals surface area contributed by atoms with Crippen LogP contribution < -0.4 is 4.74 Å². The van der Waals surface area contributed by atoms with Gasteiger partial charge in [0.25, 0.3) is 0 Å². The van der Waals surface area contributed by atoms with E-state index in [4.69, 9.17) is 4.74 Å². The first-order valence-corrected chi connectivity index (χ1v) is 9.07. The minimum atomic E-state index is 0.420. The molecule has 1 unspecified atom stereocenters. The van der Waals surface area contributed by atoms with Crippen molar-refractivity contribution in [2.24, 2.45) is 5.92 Å². The smallest absolute Gasteiger partial charge is 0.182 e. The van der Waals surface area contributed by atoms with Crippen LogP contribution in [0.2, 0.25) is 0 Å². The van der Waals surface area contributed by atoms with Crippen LogP contribution in [-0.2, 0) is 6.54 Å². The maximum absolute atomic E-state index is 5.95. The van der Waals surface area contributed by atoms with E-state index in [0.717, 1.165) is 21.8 Å². The van der Waals surface area contributed by atoms with Gasteiger partial charge in [0.1, 0.15) is 9.54 Å². The Morgan fingerprint density at radius 3 is 2.87 bits per heavy atom. The molecule has 23 heavy (non-hydrogen) atoms. The molecule has 1 atom stereocenters. The first-order chi connectivity index (χ1) is 11.3. The fourth-order valence-electron chi connectivity index (χ4n) is 2.72. The molecule has 1 aliphatic heterocycles. The van der Waals surface area contributed by atoms with Crippen molar-refractivity contribution in [2.75, 3.05) is 0 Å². The number of rotatable bonds is 4. The topological polar surface area (TPSA) is 12.2 Å². The summed E-state index contributed by atoms with van der Waals surface area (Å²) >= 11 is 5.33. The molecule has 0 radical (unpaired) electrons. The molecule has 1 aliphatic carbocycles. The second-order valence-corrected chi connectivity index (χ2v) is 7.94. The SMILES string of the molecule is Brc1sc(C[N+]2=CC3C=CC=CC3=C2)cc1Oc1ccccc1. The molecule has 0 spiro atoms. The van der Waals surface area contributed by atoms with E-state index >= 15 is 0 Å². The van der Waals surface area contributed by atoms with E-state index in [1.807, 2.05) is 30.3 Å². The highest BCUT2D eigenvalue weighted by atomic mass is 79.9. The predicted molar refractivity (Wildman–Crippen MR) is 98.4 cm³/mol. The van der Waals surface area contributed by atoms with Gasteiger partial charge in [-0.05, 0) is 28.1 Å². The van der Waals surface area contributed by atoms with Crippen LogP contribution in [0.25, 0.3) is 0 Å². The highest BCUT2D eigenvalue weighted by Gasteiger charge is 2.24. The van der Waals surface area contributed by atoms with Crippen LogP contribution in [0.5, 0.6) is 11.5 Å². The number of fused-ring (bicyclic) bond motifs is 1. The largest absolute Gasteiger partial charge is 0.455 e. The lowest BCUT2D eigenvalue weighted by molar-refractivity contribution is -0.466. The van der Waals surface area contributed by atoms with Gasteiger partial charge in [-0.1, -0.05) is 42.5 Å². The van der Waals surface area contributed by atoms with E-state index < -0.39 is 0 Å². The average molecular weight is 385 g/mol. The van der Waals surface area contributed by atoms with E-state index in [1.165, 1.54) is 10.5 Å². The van der Waals surface area contributed by atoms with Crippen molar-refractivity contribution in [2.45, 2.75) is 6.54 Å². The van der Waals surface area contributed by atoms with Crippen LogP contribution in [0.4, 0.5) is 0 Å². The Labute approximate surface area is 147 Å². The number of allylic oxidation sites excluding steroid dienone is 5. The number of ether oxygens (including phenoxy) is 1. The molecular weight excluding hydrogens is 370 g/mol. The number of nitrogens with zero attached hydrogens (tertiary/aromatic N) is 1. The fraction of sp³-hybridized carbons (Fsp3) is 0.105. The Balaban J connectivity index is 1.51. The van der Waals surface area contributed by atoms with Crippen molar-refractivity contribution in [1.29, 1.82) is 0 Å². The number of para-hydroxylation sites is 1. The minimum absolute atomic E-state index is 0.420. The summed E-state index contributed by atoms with van der Waals surface area (Å²) in [6.07, 6.45) is 13.1. The standard InChI is InChI=1S/C19H15BrNOS/c20-19-18(22-16-8-2-1-3-9-16)10-17(23-19)13-21-11-14-6-4-5-7-15(14)12-21/h1-12,14H,13H2/q+1. The molecule has 114 valence electrons. The molecule has 2 heterocycles. The summed E-state index contributed by atoms with van der Waals surface area (Å²) in [5.74, 6) is 2.15. The maximum atomic E-state index is 5.95. The second-order valence-electron chi connectivity index (χ2n) is 5.49. The molecular formula is C19H15BrNOS+. The summed E-state index contributed by atoms with van der Waals surface area (Å²) in [6.45, 7) is 0.864. The van der Waals surface area contributed by atoms with Gasteiger partial charge in [-0.2, -0.15) is 0 Å². The van der Waals surface area contributed by atoms with Crippen LogP contribution in [0.3, 0.4) is 0 Å². The van der Waals surface area contributed by atoms with Crippen molar-refractivity contribution < 1.29 is 9.31 Å². The van der Waals surface area contributed by atoms with E-state index in [0.29, 0.717) is 5.92 Å². The molecule has 0 N–H and O–H groups in total. The molecule has 0 saturated carbocycles. The number of hydrogen-bond acceptors (Lipinski definition) is 2. The molecule has 4 heteroatoms. The van der Waals surface area contributed by atoms with E-state index in [-0.39, 0.29) is 0 Å². The molecule has 1 aromatic heterocycles. The van der Waals surface area contributed by atoms with Crippen molar-refractivity contribution in [3.8, 4) is 11.5 Å². The Morgan fingerprint density at radius 2 is 2.04 bits per heavy atom. The lowest BCUT2D eigenvalue weighted by Crippen LogP contribution is -2.04. The molecule has 4 rings (SSSR count). The highest BCUT2D eigenvalue weighted by molar-refractivity contribution is 9.11. The van der Waals surface area contributed by atoms with Crippen LogP contribution in [0, 0.1) is 5.92 Å². The van der Waals surface area contributed by atoms with Gasteiger partial charge in [0, 0.05) is 11.6 Å². The molecule has 0 amide bonds. The first kappa shape index (κ1) is 14.7. The molecule has 0 bridgehead atoms. The summed E-state index contributed by atoms with van der Waals surface area (Å²) in [6, 6.07) is 12.0. The van der Waals surface area contributed by atoms with E-state index in [2.05, 4.69) is 63.3 Å². The summed E-state index contributed by atoms with van der Waals surface area (Å²) in [5.41, 5.74) is 1.35. The third kappa shape index (κ3) is 3.23. The van der Waals surface area contributed by atoms with Crippen molar-refractivity contribution >= 4 is 33.5 Å². The van der Waals surface area contributed by atoms with Crippen molar-refractivity contribution in [3.63, 3.8) is 0 Å². The van der Waals surface area contributed by atoms with Crippen molar-refractivity contribution in [1.82, 2.24) is 0 Å². The Kier molecular flexibility index (Phi) is 4.02. The zero-order chi connectivity index (χ0) is 15.6. The van der Waals surface area contributed by atoms with Crippen molar-refractivity contribution in [3.05, 3.63) is 81.1 Å². The van der Waals surface area contributed by atoms with Gasteiger partial charge < -0.3 is 4.74 Å². The van der Waals surface area contributed by atoms with Crippen LogP contribution >= 0.6 is 27.3 Å². The summed E-state index contributed by atoms with van der Waals surface area (Å²) < 4.78 is 9.23. The third-order valence-corrected chi connectivity index (χ3v) is 5.55. The van der Waals surface area contributed by atoms with Crippen LogP contribution in [0.15, 0.2) is 76.3 Å². The molecule has 2 aliphatic rings. The van der Waals surface area contributed by atoms with Gasteiger partial charge in [-0.15, -0.1) is 11.3 Å². The molecule has 2 aromatic rings. The summed E-state index contributed by atoms with van der Waals surface area (Å²) in [5, 5.41) is 0. The number of halogens is 1. The predicted octanol–water partition coefficient (Wildman–Crippen LogP) is 5.53. The quantitative estimate of drug-likeness (QED) is 0.631. The zero-order valence-electron chi connectivity index (χ0n) is 12.4. The van der Waals surface area contributed by atoms with Crippen LogP contribution in [0.1, 0.15) is 4.88 Å². The van der Waals surface area contributed by atoms with E-state index in [9.17, 15) is 0 Å². The Hall–Kier alpha value is -1.91. The average Bonchev–Trinajstić information content (AvgIpc) is 3.11. The molecule has 2 nitrogen and oxygen atoms in total. The summed E-state index contributed by atoms with van der Waals surface area (Å²) in [7, 11) is 0. The lowest BCUT2D eigenvalue weighted by Gasteiger charge is -2.02. The minimum Gasteiger partial charge on any atom is -0.455 e. The third-order valence-electron chi connectivity index (χ3n) is 3.79. The number of thiophene rings is 1. The molecule has 0 saturated heterocycles. The highest BCUT2D eigenvalue weighted by Crippen LogP contribution is 2.38. The second kappa shape index (κ2) is 6.30. The zero-order valence-corrected chi connectivity index (χ0v) is 14.8. The monoisotopic (exact) mass is 384 g/mol. The Morgan fingerprint density at radius 1 is 1.17 bits per heavy atom. The van der Waals surface area contributed by atoms with Crippen LogP contribution in [-0.4, -0.2) is 10.8 Å². The van der Waals surface area contributed by atoms with E-state index in [1.54, 1.807) is 11.3 Å². The van der Waals surface area contributed by atoms with Gasteiger partial charge in [0.2, 0.25) is 0 Å². The summed E-state index contributed by atoms with van der Waals surface area (Å²) in [4.78, 5) is 1.27. The number of benzene rings is 1. The van der Waals surface area contributed by atoms with Gasteiger partial charge >= 0.3 is 0 Å². The molecule has 0 fully saturated rings. The first-order valence-electron chi connectivity index (χ1n) is 7.46. The van der Waals surface area contributed by atoms with Gasteiger partial charge in [-0.3, -0.25) is 0 Å². The fourth-order valence-corrected chi connectivity index (χ4v) is 4.35. The van der Waals surface area contributed by atoms with Gasteiger partial charge in [0.15, 0.2) is 24.7 Å². The van der Waals surface area contributed by atoms with Gasteiger partial charge in [-0.25, -0.2) is 4.58 Å². The van der Waals surface area contributed by atoms with Gasteiger partial charge in [0.05, 0.1) is 10.8 Å². The lowest BCUT2D eigenvalue weighted by atomic mass is 9.99. The maximum Gasteiger partial charge on any atom is 0.182 e. The number of hydrogen-bond donors (Lipinski definition) is 0. The molecule has 1 aromatic carbocycles. The normalized spacial score (nSPS) is 18.6.